The number of primary sulfonamides is 1. The molecule has 17 heavy (non-hydrogen) atoms. The number of amidine groups is 1. The van der Waals surface area contributed by atoms with Crippen LogP contribution in [0, 0.1) is 5.41 Å². The lowest BCUT2D eigenvalue weighted by Gasteiger charge is -2.13. The lowest BCUT2D eigenvalue weighted by Crippen LogP contribution is -2.41. The summed E-state index contributed by atoms with van der Waals surface area (Å²) in [6, 6.07) is 0. The molecule has 1 aliphatic carbocycles. The zero-order chi connectivity index (χ0) is 13.1. The normalized spacial score (nSPS) is 18.8. The van der Waals surface area contributed by atoms with E-state index in [9.17, 15) is 13.2 Å². The van der Waals surface area contributed by atoms with Crippen molar-refractivity contribution in [2.45, 2.75) is 19.3 Å². The van der Waals surface area contributed by atoms with Gasteiger partial charge in [-0.2, -0.15) is 0 Å². The molecule has 1 rings (SSSR count). The lowest BCUT2D eigenvalue weighted by atomic mass is 10.1. The zero-order valence-corrected chi connectivity index (χ0v) is 10.0. The minimum atomic E-state index is -3.50. The predicted octanol–water partition coefficient (Wildman–Crippen LogP) is -1.69. The molecule has 9 heteroatoms. The highest BCUT2D eigenvalue weighted by Gasteiger charge is 2.54. The molecular formula is C8H16N4O4S. The summed E-state index contributed by atoms with van der Waals surface area (Å²) < 4.78 is 21.3. The molecule has 0 aromatic carbocycles. The van der Waals surface area contributed by atoms with Gasteiger partial charge in [-0.1, -0.05) is 5.16 Å². The molecule has 0 aromatic heterocycles. The van der Waals surface area contributed by atoms with Crippen molar-refractivity contribution in [3.8, 4) is 0 Å². The number of oxime groups is 1. The highest BCUT2D eigenvalue weighted by atomic mass is 32.2. The van der Waals surface area contributed by atoms with E-state index in [4.69, 9.17) is 16.1 Å². The van der Waals surface area contributed by atoms with Crippen molar-refractivity contribution in [3.63, 3.8) is 0 Å². The molecule has 0 bridgehead atoms. The van der Waals surface area contributed by atoms with Crippen molar-refractivity contribution >= 4 is 21.8 Å². The van der Waals surface area contributed by atoms with Crippen molar-refractivity contribution in [2.24, 2.45) is 21.4 Å². The highest BCUT2D eigenvalue weighted by molar-refractivity contribution is 7.89. The molecule has 0 saturated heterocycles. The number of nitrogens with one attached hydrogen (secondary N) is 1. The summed E-state index contributed by atoms with van der Waals surface area (Å²) >= 11 is 0. The number of rotatable bonds is 6. The van der Waals surface area contributed by atoms with Crippen molar-refractivity contribution < 1.29 is 18.4 Å². The van der Waals surface area contributed by atoms with Crippen LogP contribution >= 0.6 is 0 Å². The number of amides is 1. The maximum Gasteiger partial charge on any atom is 0.233 e. The molecule has 1 amide bonds. The molecule has 0 radical (unpaired) electrons. The molecule has 8 nitrogen and oxygen atoms in total. The van der Waals surface area contributed by atoms with Gasteiger partial charge in [0.2, 0.25) is 15.9 Å². The molecule has 1 saturated carbocycles. The quantitative estimate of drug-likeness (QED) is 0.148. The van der Waals surface area contributed by atoms with Crippen LogP contribution in [0.25, 0.3) is 0 Å². The van der Waals surface area contributed by atoms with E-state index in [0.29, 0.717) is 12.8 Å². The van der Waals surface area contributed by atoms with Crippen molar-refractivity contribution in [1.29, 1.82) is 0 Å². The van der Waals surface area contributed by atoms with Gasteiger partial charge in [0.1, 0.15) is 5.41 Å². The summed E-state index contributed by atoms with van der Waals surface area (Å²) in [5, 5.41) is 18.7. The Labute approximate surface area is 99.1 Å². The van der Waals surface area contributed by atoms with E-state index in [0.717, 1.165) is 0 Å². The largest absolute Gasteiger partial charge is 0.409 e. The van der Waals surface area contributed by atoms with Gasteiger partial charge in [0.05, 0.1) is 5.75 Å². The Kier molecular flexibility index (Phi) is 3.94. The van der Waals surface area contributed by atoms with E-state index in [-0.39, 0.29) is 30.5 Å². The Bertz CT molecular complexity index is 427. The Morgan fingerprint density at radius 3 is 2.47 bits per heavy atom. The summed E-state index contributed by atoms with van der Waals surface area (Å²) in [4.78, 5) is 11.7. The summed E-state index contributed by atoms with van der Waals surface area (Å²) in [6.45, 7) is 0.190. The average molecular weight is 264 g/mol. The van der Waals surface area contributed by atoms with Gasteiger partial charge in [0.15, 0.2) is 5.84 Å². The minimum Gasteiger partial charge on any atom is -0.409 e. The summed E-state index contributed by atoms with van der Waals surface area (Å²) in [6.07, 6.45) is 1.30. The zero-order valence-electron chi connectivity index (χ0n) is 9.22. The summed E-state index contributed by atoms with van der Waals surface area (Å²) in [7, 11) is -3.50. The third-order valence-corrected chi connectivity index (χ3v) is 3.53. The van der Waals surface area contributed by atoms with Gasteiger partial charge in [0, 0.05) is 6.54 Å². The summed E-state index contributed by atoms with van der Waals surface area (Å²) in [5.41, 5.74) is 4.50. The number of sulfonamides is 1. The van der Waals surface area contributed by atoms with E-state index in [2.05, 4.69) is 10.5 Å². The topological polar surface area (TPSA) is 148 Å². The molecule has 1 fully saturated rings. The van der Waals surface area contributed by atoms with Gasteiger partial charge >= 0.3 is 0 Å². The van der Waals surface area contributed by atoms with Crippen LogP contribution in [0.5, 0.6) is 0 Å². The Morgan fingerprint density at radius 2 is 2.06 bits per heavy atom. The molecule has 98 valence electrons. The standard InChI is InChI=1S/C8H16N4O4S/c9-6(12-14)8(2-3-8)7(13)11-4-1-5-17(10,15)16/h14H,1-5H2,(H2,9,12)(H,11,13)(H2,10,15,16). The third kappa shape index (κ3) is 3.56. The average Bonchev–Trinajstić information content (AvgIpc) is 3.02. The predicted molar refractivity (Wildman–Crippen MR) is 60.7 cm³/mol. The Balaban J connectivity index is 2.37. The first kappa shape index (κ1) is 13.7. The van der Waals surface area contributed by atoms with Crippen LogP contribution in [0.2, 0.25) is 0 Å². The molecule has 0 heterocycles. The van der Waals surface area contributed by atoms with E-state index >= 15 is 0 Å². The minimum absolute atomic E-state index is 0.110. The fourth-order valence-corrected chi connectivity index (χ4v) is 2.01. The maximum absolute atomic E-state index is 11.7. The number of hydrogen-bond donors (Lipinski definition) is 4. The molecule has 0 aromatic rings. The van der Waals surface area contributed by atoms with Crippen LogP contribution in [-0.4, -0.2) is 37.7 Å². The molecule has 0 spiro atoms. The van der Waals surface area contributed by atoms with Crippen LogP contribution in [0.15, 0.2) is 5.16 Å². The van der Waals surface area contributed by atoms with Crippen molar-refractivity contribution in [3.05, 3.63) is 0 Å². The van der Waals surface area contributed by atoms with E-state index in [1.807, 2.05) is 0 Å². The number of nitrogens with zero attached hydrogens (tertiary/aromatic N) is 1. The van der Waals surface area contributed by atoms with Gasteiger partial charge in [0.25, 0.3) is 0 Å². The van der Waals surface area contributed by atoms with Gasteiger partial charge < -0.3 is 16.3 Å². The smallest absolute Gasteiger partial charge is 0.233 e. The lowest BCUT2D eigenvalue weighted by molar-refractivity contribution is -0.124. The second-order valence-electron chi connectivity index (χ2n) is 4.04. The fourth-order valence-electron chi connectivity index (χ4n) is 1.46. The van der Waals surface area contributed by atoms with Gasteiger partial charge in [-0.3, -0.25) is 4.79 Å². The molecule has 1 aliphatic rings. The Hall–Kier alpha value is -1.35. The molecular weight excluding hydrogens is 248 g/mol. The SMILES string of the molecule is NC(=NO)C1(C(=O)NCCCS(N)(=O)=O)CC1. The molecule has 0 atom stereocenters. The summed E-state index contributed by atoms with van der Waals surface area (Å²) in [5.74, 6) is -0.646. The number of nitrogens with two attached hydrogens (primary N) is 2. The van der Waals surface area contributed by atoms with Crippen LogP contribution in [-0.2, 0) is 14.8 Å². The fraction of sp³-hybridized carbons (Fsp3) is 0.750. The molecule has 0 aliphatic heterocycles. The van der Waals surface area contributed by atoms with Crippen molar-refractivity contribution in [2.75, 3.05) is 12.3 Å². The number of carbonyl (C=O) groups is 1. The van der Waals surface area contributed by atoms with Gasteiger partial charge in [-0.25, -0.2) is 13.6 Å². The number of hydrogen-bond acceptors (Lipinski definition) is 5. The first-order chi connectivity index (χ1) is 7.82. The molecule has 6 N–H and O–H groups in total. The van der Waals surface area contributed by atoms with E-state index in [1.165, 1.54) is 0 Å². The second kappa shape index (κ2) is 4.88. The van der Waals surface area contributed by atoms with E-state index in [1.54, 1.807) is 0 Å². The Morgan fingerprint density at radius 1 is 1.47 bits per heavy atom. The molecule has 0 unspecified atom stereocenters. The van der Waals surface area contributed by atoms with E-state index < -0.39 is 15.4 Å². The van der Waals surface area contributed by atoms with Crippen molar-refractivity contribution in [1.82, 2.24) is 5.32 Å². The maximum atomic E-state index is 11.7. The highest BCUT2D eigenvalue weighted by Crippen LogP contribution is 2.45. The van der Waals surface area contributed by atoms with Crippen LogP contribution in [0.1, 0.15) is 19.3 Å². The first-order valence-electron chi connectivity index (χ1n) is 5.08. The second-order valence-corrected chi connectivity index (χ2v) is 5.78. The van der Waals surface area contributed by atoms with Gasteiger partial charge in [-0.05, 0) is 19.3 Å². The van der Waals surface area contributed by atoms with Crippen LogP contribution < -0.4 is 16.2 Å². The third-order valence-electron chi connectivity index (χ3n) is 2.67. The number of carbonyl (C=O) groups excluding carboxylic acids is 1. The monoisotopic (exact) mass is 264 g/mol. The van der Waals surface area contributed by atoms with Crippen LogP contribution in [0.4, 0.5) is 0 Å². The first-order valence-corrected chi connectivity index (χ1v) is 6.80. The van der Waals surface area contributed by atoms with Crippen LogP contribution in [0.3, 0.4) is 0 Å². The van der Waals surface area contributed by atoms with Gasteiger partial charge in [-0.15, -0.1) is 0 Å².